The fraction of sp³-hybridized carbons (Fsp3) is 0.520. The molecular formula is C25H37N3O7. The van der Waals surface area contributed by atoms with Crippen LogP contribution in [0.3, 0.4) is 0 Å². The first-order chi connectivity index (χ1) is 16.3. The van der Waals surface area contributed by atoms with Gasteiger partial charge in [0.15, 0.2) is 0 Å². The van der Waals surface area contributed by atoms with Gasteiger partial charge in [0.2, 0.25) is 11.8 Å². The van der Waals surface area contributed by atoms with E-state index in [0.717, 1.165) is 0 Å². The van der Waals surface area contributed by atoms with Crippen molar-refractivity contribution in [3.8, 4) is 5.75 Å². The third kappa shape index (κ3) is 9.30. The molecule has 0 aromatic heterocycles. The maximum atomic E-state index is 13.8. The van der Waals surface area contributed by atoms with Crippen LogP contribution in [0.4, 0.5) is 4.79 Å². The number of hydrogen-bond donors (Lipinski definition) is 3. The molecule has 1 rings (SSSR count). The molecule has 0 aliphatic carbocycles. The molecule has 0 spiro atoms. The second-order valence-corrected chi connectivity index (χ2v) is 9.08. The predicted octanol–water partition coefficient (Wildman–Crippen LogP) is 2.68. The number of amides is 3. The van der Waals surface area contributed by atoms with Gasteiger partial charge in [-0.1, -0.05) is 38.5 Å². The summed E-state index contributed by atoms with van der Waals surface area (Å²) in [7, 11) is 1.19. The Balaban J connectivity index is 3.45. The molecule has 0 saturated heterocycles. The zero-order valence-electron chi connectivity index (χ0n) is 21.3. The van der Waals surface area contributed by atoms with E-state index in [2.05, 4.69) is 21.9 Å². The van der Waals surface area contributed by atoms with Gasteiger partial charge in [0.25, 0.3) is 0 Å². The first kappa shape index (κ1) is 29.5. The molecule has 10 heteroatoms. The van der Waals surface area contributed by atoms with E-state index in [1.165, 1.54) is 36.3 Å². The van der Waals surface area contributed by atoms with Gasteiger partial charge in [-0.2, -0.15) is 0 Å². The summed E-state index contributed by atoms with van der Waals surface area (Å²) in [6.07, 6.45) is 1.24. The van der Waals surface area contributed by atoms with E-state index in [1.807, 2.05) is 6.92 Å². The van der Waals surface area contributed by atoms with Gasteiger partial charge in [0, 0.05) is 6.54 Å². The molecule has 0 fully saturated rings. The van der Waals surface area contributed by atoms with Crippen molar-refractivity contribution >= 4 is 23.9 Å². The minimum atomic E-state index is -1.23. The van der Waals surface area contributed by atoms with Gasteiger partial charge in [0.1, 0.15) is 30.0 Å². The summed E-state index contributed by atoms with van der Waals surface area (Å²) in [5, 5.41) is 15.1. The molecule has 3 atom stereocenters. The predicted molar refractivity (Wildman–Crippen MR) is 130 cm³/mol. The number of rotatable bonds is 11. The highest BCUT2D eigenvalue weighted by atomic mass is 16.6. The van der Waals surface area contributed by atoms with Gasteiger partial charge in [-0.3, -0.25) is 14.4 Å². The van der Waals surface area contributed by atoms with Gasteiger partial charge in [0.05, 0.1) is 7.11 Å². The van der Waals surface area contributed by atoms with Gasteiger partial charge in [-0.05, 0) is 44.4 Å². The van der Waals surface area contributed by atoms with E-state index in [-0.39, 0.29) is 18.2 Å². The van der Waals surface area contributed by atoms with E-state index in [0.29, 0.717) is 12.0 Å². The molecule has 194 valence electrons. The van der Waals surface area contributed by atoms with Gasteiger partial charge >= 0.3 is 12.1 Å². The van der Waals surface area contributed by atoms with Crippen LogP contribution in [0, 0.1) is 5.92 Å². The van der Waals surface area contributed by atoms with Crippen molar-refractivity contribution < 1.29 is 33.8 Å². The van der Waals surface area contributed by atoms with Crippen LogP contribution in [0.15, 0.2) is 36.9 Å². The second kappa shape index (κ2) is 13.4. The minimum absolute atomic E-state index is 0.0479. The number of aromatic hydroxyl groups is 1. The van der Waals surface area contributed by atoms with Crippen LogP contribution in [0.5, 0.6) is 5.75 Å². The lowest BCUT2D eigenvalue weighted by Crippen LogP contribution is -2.55. The molecule has 3 amide bonds. The summed E-state index contributed by atoms with van der Waals surface area (Å²) in [4.78, 5) is 52.4. The third-order valence-corrected chi connectivity index (χ3v) is 5.14. The highest BCUT2D eigenvalue weighted by Gasteiger charge is 2.37. The summed E-state index contributed by atoms with van der Waals surface area (Å²) in [5.74, 6) is -2.29. The number of nitrogens with one attached hydrogen (secondary N) is 2. The summed E-state index contributed by atoms with van der Waals surface area (Å²) >= 11 is 0. The molecule has 3 unspecified atom stereocenters. The van der Waals surface area contributed by atoms with Crippen LogP contribution in [0.25, 0.3) is 0 Å². The number of phenols is 1. The van der Waals surface area contributed by atoms with Gasteiger partial charge < -0.3 is 30.1 Å². The smallest absolute Gasteiger partial charge is 0.408 e. The zero-order valence-corrected chi connectivity index (χ0v) is 21.3. The number of carbonyl (C=O) groups excluding carboxylic acids is 4. The van der Waals surface area contributed by atoms with Crippen molar-refractivity contribution in [2.24, 2.45) is 5.92 Å². The van der Waals surface area contributed by atoms with Crippen LogP contribution < -0.4 is 10.6 Å². The monoisotopic (exact) mass is 491 g/mol. The van der Waals surface area contributed by atoms with Crippen LogP contribution in [-0.4, -0.2) is 65.7 Å². The van der Waals surface area contributed by atoms with Crippen LogP contribution in [0.2, 0.25) is 0 Å². The maximum Gasteiger partial charge on any atom is 0.408 e. The molecule has 0 bridgehead atoms. The number of ether oxygens (including phenoxy) is 2. The number of carbonyl (C=O) groups is 4. The molecule has 10 nitrogen and oxygen atoms in total. The lowest BCUT2D eigenvalue weighted by molar-refractivity contribution is -0.144. The van der Waals surface area contributed by atoms with Crippen molar-refractivity contribution in [3.05, 3.63) is 42.5 Å². The fourth-order valence-electron chi connectivity index (χ4n) is 3.25. The molecule has 1 aromatic carbocycles. The zero-order chi connectivity index (χ0) is 26.8. The Bertz CT molecular complexity index is 911. The Kier molecular flexibility index (Phi) is 11.2. The summed E-state index contributed by atoms with van der Waals surface area (Å²) < 4.78 is 9.91. The van der Waals surface area contributed by atoms with Crippen LogP contribution in [0.1, 0.15) is 52.6 Å². The van der Waals surface area contributed by atoms with Crippen molar-refractivity contribution in [2.75, 3.05) is 20.2 Å². The first-order valence-electron chi connectivity index (χ1n) is 11.4. The van der Waals surface area contributed by atoms with Crippen LogP contribution in [-0.2, 0) is 23.9 Å². The summed E-state index contributed by atoms with van der Waals surface area (Å²) in [6.45, 7) is 12.0. The third-order valence-electron chi connectivity index (χ3n) is 5.14. The lowest BCUT2D eigenvalue weighted by atomic mass is 9.95. The number of methoxy groups -OCH3 is 1. The Morgan fingerprint density at radius 3 is 2.40 bits per heavy atom. The van der Waals surface area contributed by atoms with E-state index in [1.54, 1.807) is 33.8 Å². The van der Waals surface area contributed by atoms with Crippen molar-refractivity contribution in [2.45, 2.75) is 58.7 Å². The minimum Gasteiger partial charge on any atom is -0.508 e. The SMILES string of the molecule is C=CCN(C(=O)C(NC(=O)OC(C)(C)C)C(C)CC)C(C(=O)NCC(=O)OC)c1cccc(O)c1. The summed E-state index contributed by atoms with van der Waals surface area (Å²) in [6, 6.07) is 3.65. The van der Waals surface area contributed by atoms with E-state index in [4.69, 9.17) is 4.74 Å². The number of alkyl carbamates (subject to hydrolysis) is 1. The van der Waals surface area contributed by atoms with Crippen molar-refractivity contribution in [1.29, 1.82) is 0 Å². The number of hydrogen-bond acceptors (Lipinski definition) is 7. The van der Waals surface area contributed by atoms with E-state index < -0.39 is 48.1 Å². The van der Waals surface area contributed by atoms with Gasteiger partial charge in [-0.15, -0.1) is 6.58 Å². The quantitative estimate of drug-likeness (QED) is 0.320. The lowest BCUT2D eigenvalue weighted by Gasteiger charge is -2.35. The average Bonchev–Trinajstić information content (AvgIpc) is 2.78. The number of benzene rings is 1. The Morgan fingerprint density at radius 1 is 1.23 bits per heavy atom. The number of phenolic OH excluding ortho intramolecular Hbond substituents is 1. The molecule has 0 heterocycles. The summed E-state index contributed by atoms with van der Waals surface area (Å²) in [5.41, 5.74) is -0.464. The highest BCUT2D eigenvalue weighted by molar-refractivity contribution is 5.93. The van der Waals surface area contributed by atoms with E-state index in [9.17, 15) is 24.3 Å². The first-order valence-corrected chi connectivity index (χ1v) is 11.4. The Hall–Kier alpha value is -3.56. The Morgan fingerprint density at radius 2 is 1.89 bits per heavy atom. The molecule has 0 radical (unpaired) electrons. The van der Waals surface area contributed by atoms with Gasteiger partial charge in [-0.25, -0.2) is 4.79 Å². The molecule has 0 aliphatic rings. The van der Waals surface area contributed by atoms with Crippen LogP contribution >= 0.6 is 0 Å². The molecule has 35 heavy (non-hydrogen) atoms. The fourth-order valence-corrected chi connectivity index (χ4v) is 3.25. The Labute approximate surface area is 206 Å². The highest BCUT2D eigenvalue weighted by Crippen LogP contribution is 2.26. The van der Waals surface area contributed by atoms with E-state index >= 15 is 0 Å². The largest absolute Gasteiger partial charge is 0.508 e. The normalized spacial score (nSPS) is 13.5. The van der Waals surface area contributed by atoms with Crippen molar-refractivity contribution in [3.63, 3.8) is 0 Å². The molecule has 0 aliphatic heterocycles. The number of nitrogens with zero attached hydrogens (tertiary/aromatic N) is 1. The average molecular weight is 492 g/mol. The molecular weight excluding hydrogens is 454 g/mol. The topological polar surface area (TPSA) is 134 Å². The van der Waals surface area contributed by atoms with Crippen molar-refractivity contribution in [1.82, 2.24) is 15.5 Å². The number of esters is 1. The second-order valence-electron chi connectivity index (χ2n) is 9.08. The molecule has 3 N–H and O–H groups in total. The standard InChI is InChI=1S/C25H37N3O7/c1-8-13-28(23(32)20(16(3)9-2)27-24(33)35-25(4,5)6)21(17-11-10-12-18(29)14-17)22(31)26-15-19(30)34-7/h8,10-12,14,16,20-21,29H,1,9,13,15H2,2-7H3,(H,26,31)(H,27,33). The maximum absolute atomic E-state index is 13.8. The molecule has 1 aromatic rings. The molecule has 0 saturated carbocycles.